The molecule has 0 bridgehead atoms. The number of ether oxygens (including phenoxy) is 1. The number of nitrogens with zero attached hydrogens (tertiary/aromatic N) is 1. The number of amides is 2. The number of rotatable bonds is 4. The Hall–Kier alpha value is -2.82. The number of anilines is 1. The summed E-state index contributed by atoms with van der Waals surface area (Å²) in [5, 5.41) is 2.75. The molecule has 0 saturated heterocycles. The molecule has 3 rings (SSSR count). The van der Waals surface area contributed by atoms with E-state index in [2.05, 4.69) is 5.32 Å². The van der Waals surface area contributed by atoms with E-state index in [-0.39, 0.29) is 12.5 Å². The van der Waals surface area contributed by atoms with Gasteiger partial charge in [0.1, 0.15) is 6.61 Å². The number of likely N-dealkylation sites (N-methyl/N-ethyl adjacent to an activating group) is 1. The van der Waals surface area contributed by atoms with Crippen molar-refractivity contribution in [3.8, 4) is 0 Å². The van der Waals surface area contributed by atoms with Crippen molar-refractivity contribution in [2.75, 3.05) is 11.9 Å². The molecule has 0 aromatic heterocycles. The second-order valence-corrected chi connectivity index (χ2v) is 6.76. The summed E-state index contributed by atoms with van der Waals surface area (Å²) in [6.45, 7) is 4.43. The Morgan fingerprint density at radius 1 is 1.12 bits per heavy atom. The zero-order chi connectivity index (χ0) is 18.0. The van der Waals surface area contributed by atoms with Crippen molar-refractivity contribution in [1.29, 1.82) is 0 Å². The minimum Gasteiger partial charge on any atom is -0.445 e. The van der Waals surface area contributed by atoms with E-state index in [0.29, 0.717) is 6.54 Å². The van der Waals surface area contributed by atoms with Crippen LogP contribution in [0.4, 0.5) is 10.5 Å². The quantitative estimate of drug-likeness (QED) is 0.930. The van der Waals surface area contributed by atoms with Gasteiger partial charge in [-0.3, -0.25) is 4.79 Å². The van der Waals surface area contributed by atoms with Crippen LogP contribution in [0, 0.1) is 0 Å². The zero-order valence-corrected chi connectivity index (χ0v) is 14.7. The largest absolute Gasteiger partial charge is 0.445 e. The molecular weight excluding hydrogens is 316 g/mol. The van der Waals surface area contributed by atoms with Gasteiger partial charge in [-0.1, -0.05) is 42.5 Å². The second-order valence-electron chi connectivity index (χ2n) is 6.76. The number of alkyl carbamates (subject to hydrolysis) is 1. The van der Waals surface area contributed by atoms with Gasteiger partial charge in [-0.05, 0) is 36.6 Å². The molecule has 5 nitrogen and oxygen atoms in total. The normalized spacial score (nSPS) is 15.0. The van der Waals surface area contributed by atoms with Crippen molar-refractivity contribution in [3.63, 3.8) is 0 Å². The van der Waals surface area contributed by atoms with Gasteiger partial charge >= 0.3 is 6.09 Å². The molecule has 2 amide bonds. The second kappa shape index (κ2) is 6.59. The number of benzene rings is 2. The van der Waals surface area contributed by atoms with Crippen molar-refractivity contribution in [2.24, 2.45) is 0 Å². The molecule has 0 fully saturated rings. The fraction of sp³-hybridized carbons (Fsp3) is 0.300. The van der Waals surface area contributed by atoms with Gasteiger partial charge in [0.05, 0.1) is 5.41 Å². The van der Waals surface area contributed by atoms with E-state index in [1.807, 2.05) is 62.4 Å². The first-order valence-electron chi connectivity index (χ1n) is 8.25. The SMILES string of the molecule is CN1C(=O)C(C)(C)c2cc(CNC(=O)OCc3ccccc3)ccc21. The fourth-order valence-corrected chi connectivity index (χ4v) is 3.08. The molecule has 0 aliphatic carbocycles. The van der Waals surface area contributed by atoms with Crippen molar-refractivity contribution in [1.82, 2.24) is 5.32 Å². The highest BCUT2D eigenvalue weighted by molar-refractivity contribution is 6.07. The van der Waals surface area contributed by atoms with Crippen LogP contribution in [0.15, 0.2) is 48.5 Å². The average molecular weight is 338 g/mol. The van der Waals surface area contributed by atoms with Crippen LogP contribution in [-0.2, 0) is 28.1 Å². The summed E-state index contributed by atoms with van der Waals surface area (Å²) in [7, 11) is 1.79. The number of carbonyl (C=O) groups is 2. The first-order chi connectivity index (χ1) is 11.9. The van der Waals surface area contributed by atoms with E-state index in [1.165, 1.54) is 0 Å². The third kappa shape index (κ3) is 3.36. The molecule has 2 aromatic carbocycles. The molecule has 5 heteroatoms. The molecule has 0 radical (unpaired) electrons. The van der Waals surface area contributed by atoms with E-state index >= 15 is 0 Å². The molecule has 1 aliphatic heterocycles. The van der Waals surface area contributed by atoms with Gasteiger partial charge in [-0.25, -0.2) is 4.79 Å². The first kappa shape index (κ1) is 17.0. The standard InChI is InChI=1S/C20H22N2O3/c1-20(2)16-11-15(9-10-17(16)22(3)18(20)23)12-21-19(24)25-13-14-7-5-4-6-8-14/h4-11H,12-13H2,1-3H3,(H,21,24). The molecule has 1 N–H and O–H groups in total. The maximum Gasteiger partial charge on any atom is 0.407 e. The van der Waals surface area contributed by atoms with Crippen LogP contribution >= 0.6 is 0 Å². The zero-order valence-electron chi connectivity index (χ0n) is 14.7. The van der Waals surface area contributed by atoms with Crippen LogP contribution in [0.2, 0.25) is 0 Å². The summed E-state index contributed by atoms with van der Waals surface area (Å²) >= 11 is 0. The van der Waals surface area contributed by atoms with Gasteiger partial charge in [0.2, 0.25) is 5.91 Å². The highest BCUT2D eigenvalue weighted by Gasteiger charge is 2.42. The van der Waals surface area contributed by atoms with Crippen molar-refractivity contribution in [2.45, 2.75) is 32.4 Å². The molecule has 1 heterocycles. The summed E-state index contributed by atoms with van der Waals surface area (Å²) < 4.78 is 5.21. The van der Waals surface area contributed by atoms with Gasteiger partial charge in [-0.15, -0.1) is 0 Å². The summed E-state index contributed by atoms with van der Waals surface area (Å²) in [6.07, 6.45) is -0.461. The van der Waals surface area contributed by atoms with E-state index < -0.39 is 11.5 Å². The molecule has 0 saturated carbocycles. The lowest BCUT2D eigenvalue weighted by Crippen LogP contribution is -2.33. The Bertz CT molecular complexity index is 800. The summed E-state index contributed by atoms with van der Waals surface area (Å²) in [5.74, 6) is 0.0786. The summed E-state index contributed by atoms with van der Waals surface area (Å²) in [6, 6.07) is 15.4. The lowest BCUT2D eigenvalue weighted by Gasteiger charge is -2.16. The topological polar surface area (TPSA) is 58.6 Å². The van der Waals surface area contributed by atoms with Crippen LogP contribution in [-0.4, -0.2) is 19.0 Å². The third-order valence-corrected chi connectivity index (χ3v) is 4.58. The summed E-state index contributed by atoms with van der Waals surface area (Å²) in [4.78, 5) is 25.9. The van der Waals surface area contributed by atoms with E-state index in [0.717, 1.165) is 22.4 Å². The minimum absolute atomic E-state index is 0.0786. The predicted octanol–water partition coefficient (Wildman–Crippen LogP) is 3.37. The highest BCUT2D eigenvalue weighted by atomic mass is 16.5. The van der Waals surface area contributed by atoms with Gasteiger partial charge < -0.3 is 15.0 Å². The highest BCUT2D eigenvalue weighted by Crippen LogP contribution is 2.40. The molecular formula is C20H22N2O3. The van der Waals surface area contributed by atoms with Crippen LogP contribution in [0.3, 0.4) is 0 Å². The average Bonchev–Trinajstić information content (AvgIpc) is 2.79. The van der Waals surface area contributed by atoms with Crippen LogP contribution < -0.4 is 10.2 Å². The number of fused-ring (bicyclic) bond motifs is 1. The van der Waals surface area contributed by atoms with Crippen LogP contribution in [0.1, 0.15) is 30.5 Å². The Balaban J connectivity index is 1.60. The first-order valence-corrected chi connectivity index (χ1v) is 8.25. The van der Waals surface area contributed by atoms with E-state index in [4.69, 9.17) is 4.74 Å². The number of hydrogen-bond donors (Lipinski definition) is 1. The maximum atomic E-state index is 12.3. The van der Waals surface area contributed by atoms with Crippen LogP contribution in [0.5, 0.6) is 0 Å². The molecule has 25 heavy (non-hydrogen) atoms. The van der Waals surface area contributed by atoms with Crippen LogP contribution in [0.25, 0.3) is 0 Å². The maximum absolute atomic E-state index is 12.3. The monoisotopic (exact) mass is 338 g/mol. The smallest absolute Gasteiger partial charge is 0.407 e. The Morgan fingerprint density at radius 2 is 1.84 bits per heavy atom. The summed E-state index contributed by atoms with van der Waals surface area (Å²) in [5.41, 5.74) is 3.24. The van der Waals surface area contributed by atoms with Crippen molar-refractivity contribution < 1.29 is 14.3 Å². The third-order valence-electron chi connectivity index (χ3n) is 4.58. The fourth-order valence-electron chi connectivity index (χ4n) is 3.08. The molecule has 0 unspecified atom stereocenters. The van der Waals surface area contributed by atoms with Gasteiger partial charge in [-0.2, -0.15) is 0 Å². The lowest BCUT2D eigenvalue weighted by molar-refractivity contribution is -0.121. The van der Waals surface area contributed by atoms with E-state index in [9.17, 15) is 9.59 Å². The van der Waals surface area contributed by atoms with Gasteiger partial charge in [0.25, 0.3) is 0 Å². The lowest BCUT2D eigenvalue weighted by atomic mass is 9.85. The number of nitrogens with one attached hydrogen (secondary N) is 1. The Labute approximate surface area is 147 Å². The van der Waals surface area contributed by atoms with Gasteiger partial charge in [0, 0.05) is 19.3 Å². The van der Waals surface area contributed by atoms with Gasteiger partial charge in [0.15, 0.2) is 0 Å². The number of carbonyl (C=O) groups excluding carboxylic acids is 2. The molecule has 130 valence electrons. The predicted molar refractivity (Wildman–Crippen MR) is 96.3 cm³/mol. The Morgan fingerprint density at radius 3 is 2.56 bits per heavy atom. The van der Waals surface area contributed by atoms with Crippen molar-refractivity contribution in [3.05, 3.63) is 65.2 Å². The molecule has 0 spiro atoms. The molecule has 0 atom stereocenters. The molecule has 2 aromatic rings. The molecule has 1 aliphatic rings. The Kier molecular flexibility index (Phi) is 4.49. The minimum atomic E-state index is -0.548. The van der Waals surface area contributed by atoms with Crippen molar-refractivity contribution >= 4 is 17.7 Å². The van der Waals surface area contributed by atoms with E-state index in [1.54, 1.807) is 11.9 Å². The number of hydrogen-bond acceptors (Lipinski definition) is 3.